The van der Waals surface area contributed by atoms with Gasteiger partial charge in [0.1, 0.15) is 11.6 Å². The Morgan fingerprint density at radius 2 is 2.23 bits per heavy atom. The minimum absolute atomic E-state index is 0.0000926. The lowest BCUT2D eigenvalue weighted by Crippen LogP contribution is -2.35. The Labute approximate surface area is 76.4 Å². The lowest BCUT2D eigenvalue weighted by molar-refractivity contribution is 0.350. The average Bonchev–Trinajstić information content (AvgIpc) is 2.02. The van der Waals surface area contributed by atoms with Crippen LogP contribution in [0.15, 0.2) is 12.1 Å². The van der Waals surface area contributed by atoms with Crippen LogP contribution in [0.5, 0.6) is 5.75 Å². The van der Waals surface area contributed by atoms with Gasteiger partial charge in [-0.1, -0.05) is 6.07 Å². The number of phenolic OH excluding ortho intramolecular Hbond substituents is 1. The van der Waals surface area contributed by atoms with Crippen LogP contribution in [0.1, 0.15) is 23.6 Å². The van der Waals surface area contributed by atoms with Gasteiger partial charge >= 0.3 is 0 Å². The lowest BCUT2D eigenvalue weighted by Gasteiger charge is -2.29. The predicted octanol–water partition coefficient (Wildman–Crippen LogP) is 1.87. The Morgan fingerprint density at radius 1 is 1.54 bits per heavy atom. The van der Waals surface area contributed by atoms with Crippen LogP contribution in [0.3, 0.4) is 0 Å². The van der Waals surface area contributed by atoms with Gasteiger partial charge in [-0.15, -0.1) is 0 Å². The first-order valence-electron chi connectivity index (χ1n) is 4.41. The highest BCUT2D eigenvalue weighted by Crippen LogP contribution is 2.34. The number of phenols is 1. The Morgan fingerprint density at radius 3 is 2.77 bits per heavy atom. The summed E-state index contributed by atoms with van der Waals surface area (Å²) in [7, 11) is 0. The van der Waals surface area contributed by atoms with E-state index in [9.17, 15) is 9.50 Å². The van der Waals surface area contributed by atoms with E-state index in [0.29, 0.717) is 5.56 Å². The zero-order valence-electron chi connectivity index (χ0n) is 7.47. The molecule has 0 radical (unpaired) electrons. The van der Waals surface area contributed by atoms with E-state index in [2.05, 4.69) is 5.32 Å². The van der Waals surface area contributed by atoms with Crippen molar-refractivity contribution in [3.63, 3.8) is 0 Å². The Bertz CT molecular complexity index is 334. The molecule has 0 amide bonds. The first-order chi connectivity index (χ1) is 6.20. The van der Waals surface area contributed by atoms with E-state index in [4.69, 9.17) is 0 Å². The van der Waals surface area contributed by atoms with Gasteiger partial charge < -0.3 is 10.4 Å². The van der Waals surface area contributed by atoms with Crippen molar-refractivity contribution < 1.29 is 9.50 Å². The molecule has 1 heterocycles. The second-order valence-corrected chi connectivity index (χ2v) is 3.42. The molecule has 0 spiro atoms. The van der Waals surface area contributed by atoms with Gasteiger partial charge in [-0.3, -0.25) is 0 Å². The van der Waals surface area contributed by atoms with Crippen molar-refractivity contribution in [1.82, 2.24) is 5.32 Å². The van der Waals surface area contributed by atoms with Crippen LogP contribution in [0, 0.1) is 12.7 Å². The molecule has 0 saturated carbocycles. The fraction of sp³-hybridized carbons (Fsp3) is 0.400. The normalized spacial score (nSPS) is 21.2. The summed E-state index contributed by atoms with van der Waals surface area (Å²) < 4.78 is 13.3. The summed E-state index contributed by atoms with van der Waals surface area (Å²) in [4.78, 5) is 0. The van der Waals surface area contributed by atoms with Gasteiger partial charge in [-0.25, -0.2) is 4.39 Å². The SMILES string of the molecule is Cc1ccc(F)c([C@@H]2CCN2)c1O. The third-order valence-corrected chi connectivity index (χ3v) is 2.54. The number of halogens is 1. The van der Waals surface area contributed by atoms with Crippen molar-refractivity contribution in [2.24, 2.45) is 0 Å². The molecule has 3 heteroatoms. The molecular weight excluding hydrogens is 169 g/mol. The molecule has 1 aromatic carbocycles. The van der Waals surface area contributed by atoms with Crippen molar-refractivity contribution >= 4 is 0 Å². The fourth-order valence-electron chi connectivity index (χ4n) is 1.56. The highest BCUT2D eigenvalue weighted by Gasteiger charge is 2.25. The molecule has 0 unspecified atom stereocenters. The Hall–Kier alpha value is -1.09. The summed E-state index contributed by atoms with van der Waals surface area (Å²) >= 11 is 0. The maximum Gasteiger partial charge on any atom is 0.131 e. The highest BCUT2D eigenvalue weighted by atomic mass is 19.1. The molecule has 0 aliphatic carbocycles. The van der Waals surface area contributed by atoms with E-state index in [1.54, 1.807) is 13.0 Å². The number of hydrogen-bond donors (Lipinski definition) is 2. The molecule has 0 bridgehead atoms. The van der Waals surface area contributed by atoms with Gasteiger partial charge in [0.05, 0.1) is 0 Å². The van der Waals surface area contributed by atoms with E-state index in [-0.39, 0.29) is 17.6 Å². The van der Waals surface area contributed by atoms with Crippen molar-refractivity contribution in [3.05, 3.63) is 29.1 Å². The number of nitrogens with one attached hydrogen (secondary N) is 1. The molecule has 2 rings (SSSR count). The maximum absolute atomic E-state index is 13.3. The largest absolute Gasteiger partial charge is 0.507 e. The van der Waals surface area contributed by atoms with Crippen molar-refractivity contribution in [1.29, 1.82) is 0 Å². The van der Waals surface area contributed by atoms with E-state index in [1.165, 1.54) is 6.07 Å². The molecule has 1 aliphatic heterocycles. The van der Waals surface area contributed by atoms with E-state index >= 15 is 0 Å². The third-order valence-electron chi connectivity index (χ3n) is 2.54. The molecule has 1 aliphatic rings. The van der Waals surface area contributed by atoms with Gasteiger partial charge in [0.2, 0.25) is 0 Å². The van der Waals surface area contributed by atoms with Crippen LogP contribution in [-0.2, 0) is 0 Å². The quantitative estimate of drug-likeness (QED) is 0.693. The summed E-state index contributed by atoms with van der Waals surface area (Å²) in [6.45, 7) is 2.68. The van der Waals surface area contributed by atoms with Crippen LogP contribution in [-0.4, -0.2) is 11.7 Å². The summed E-state index contributed by atoms with van der Waals surface area (Å²) in [5, 5.41) is 12.7. The van der Waals surface area contributed by atoms with Gasteiger partial charge in [-0.2, -0.15) is 0 Å². The molecule has 0 aromatic heterocycles. The molecule has 2 nitrogen and oxygen atoms in total. The minimum Gasteiger partial charge on any atom is -0.507 e. The summed E-state index contributed by atoms with van der Waals surface area (Å²) in [6.07, 6.45) is 0.897. The van der Waals surface area contributed by atoms with E-state index in [0.717, 1.165) is 18.5 Å². The first kappa shape index (κ1) is 8.51. The van der Waals surface area contributed by atoms with Crippen LogP contribution >= 0.6 is 0 Å². The first-order valence-corrected chi connectivity index (χ1v) is 4.41. The minimum atomic E-state index is -0.319. The number of aromatic hydroxyl groups is 1. The molecule has 1 atom stereocenters. The number of aryl methyl sites for hydroxylation is 1. The molecule has 1 saturated heterocycles. The Kier molecular flexibility index (Phi) is 1.96. The zero-order valence-corrected chi connectivity index (χ0v) is 7.47. The van der Waals surface area contributed by atoms with Crippen LogP contribution in [0.2, 0.25) is 0 Å². The smallest absolute Gasteiger partial charge is 0.131 e. The van der Waals surface area contributed by atoms with Gasteiger partial charge in [0, 0.05) is 11.6 Å². The fourth-order valence-corrected chi connectivity index (χ4v) is 1.56. The van der Waals surface area contributed by atoms with Crippen molar-refractivity contribution in [3.8, 4) is 5.75 Å². The third kappa shape index (κ3) is 1.29. The van der Waals surface area contributed by atoms with Gasteiger partial charge in [0.15, 0.2) is 0 Å². The summed E-state index contributed by atoms with van der Waals surface area (Å²) in [5.41, 5.74) is 1.15. The lowest BCUT2D eigenvalue weighted by atomic mass is 9.95. The molecule has 70 valence electrons. The number of benzene rings is 1. The molecule has 13 heavy (non-hydrogen) atoms. The van der Waals surface area contributed by atoms with Gasteiger partial charge in [0.25, 0.3) is 0 Å². The standard InChI is InChI=1S/C10H12FNO/c1-6-2-3-7(11)9(10(6)13)8-4-5-12-8/h2-3,8,12-13H,4-5H2,1H3/t8-/m0/s1. The summed E-state index contributed by atoms with van der Waals surface area (Å²) in [5.74, 6) is -0.225. The van der Waals surface area contributed by atoms with E-state index in [1.807, 2.05) is 0 Å². The average molecular weight is 181 g/mol. The second kappa shape index (κ2) is 3.00. The number of rotatable bonds is 1. The van der Waals surface area contributed by atoms with Crippen LogP contribution in [0.4, 0.5) is 4.39 Å². The van der Waals surface area contributed by atoms with E-state index < -0.39 is 0 Å². The van der Waals surface area contributed by atoms with Crippen LogP contribution in [0.25, 0.3) is 0 Å². The van der Waals surface area contributed by atoms with Crippen molar-refractivity contribution in [2.75, 3.05) is 6.54 Å². The predicted molar refractivity (Wildman–Crippen MR) is 48.2 cm³/mol. The van der Waals surface area contributed by atoms with Gasteiger partial charge in [-0.05, 0) is 31.5 Å². The summed E-state index contributed by atoms with van der Waals surface area (Å²) in [6, 6.07) is 3.00. The molecule has 2 N–H and O–H groups in total. The Balaban J connectivity index is 2.46. The highest BCUT2D eigenvalue weighted by molar-refractivity contribution is 5.43. The van der Waals surface area contributed by atoms with Crippen LogP contribution < -0.4 is 5.32 Å². The molecular formula is C10H12FNO. The monoisotopic (exact) mass is 181 g/mol. The maximum atomic E-state index is 13.3. The topological polar surface area (TPSA) is 32.3 Å². The molecule has 1 fully saturated rings. The zero-order chi connectivity index (χ0) is 9.42. The number of hydrogen-bond acceptors (Lipinski definition) is 2. The second-order valence-electron chi connectivity index (χ2n) is 3.42. The van der Waals surface area contributed by atoms with Crippen molar-refractivity contribution in [2.45, 2.75) is 19.4 Å². The molecule has 1 aromatic rings.